The van der Waals surface area contributed by atoms with Gasteiger partial charge in [0.25, 0.3) is 0 Å². The maximum absolute atomic E-state index is 12.7. The van der Waals surface area contributed by atoms with Crippen LogP contribution in [0.3, 0.4) is 0 Å². The summed E-state index contributed by atoms with van der Waals surface area (Å²) in [6.07, 6.45) is 1.33. The van der Waals surface area contributed by atoms with Crippen molar-refractivity contribution in [2.45, 2.75) is 6.61 Å². The van der Waals surface area contributed by atoms with Gasteiger partial charge in [0.15, 0.2) is 0 Å². The lowest BCUT2D eigenvalue weighted by atomic mass is 10.2. The fraction of sp³-hybridized carbons (Fsp3) is 0.0714. The standard InChI is InChI=1S/C14H11BrFNO2/c15-13-7-11(8-17-18)3-6-14(13)19-9-10-1-4-12(16)5-2-10/h1-8,18H,9H2/b17-8+. The van der Waals surface area contributed by atoms with Crippen molar-refractivity contribution in [1.82, 2.24) is 0 Å². The number of halogens is 2. The summed E-state index contributed by atoms with van der Waals surface area (Å²) in [6.45, 7) is 0.353. The van der Waals surface area contributed by atoms with E-state index in [0.29, 0.717) is 12.4 Å². The van der Waals surface area contributed by atoms with Crippen LogP contribution < -0.4 is 4.74 Å². The SMILES string of the molecule is O/N=C/c1ccc(OCc2ccc(F)cc2)c(Br)c1. The van der Waals surface area contributed by atoms with E-state index < -0.39 is 0 Å². The summed E-state index contributed by atoms with van der Waals surface area (Å²) in [5.74, 6) is 0.400. The van der Waals surface area contributed by atoms with E-state index in [4.69, 9.17) is 9.94 Å². The molecule has 2 rings (SSSR count). The van der Waals surface area contributed by atoms with Gasteiger partial charge in [-0.25, -0.2) is 4.39 Å². The molecule has 0 spiro atoms. The smallest absolute Gasteiger partial charge is 0.134 e. The summed E-state index contributed by atoms with van der Waals surface area (Å²) in [5, 5.41) is 11.4. The van der Waals surface area contributed by atoms with E-state index in [1.165, 1.54) is 18.3 Å². The van der Waals surface area contributed by atoms with Crippen molar-refractivity contribution in [3.05, 3.63) is 63.9 Å². The van der Waals surface area contributed by atoms with Crippen LogP contribution in [0.25, 0.3) is 0 Å². The van der Waals surface area contributed by atoms with Gasteiger partial charge in [0.05, 0.1) is 10.7 Å². The quantitative estimate of drug-likeness (QED) is 0.525. The first-order valence-electron chi connectivity index (χ1n) is 5.53. The molecule has 0 aromatic heterocycles. The van der Waals surface area contributed by atoms with E-state index in [1.54, 1.807) is 30.3 Å². The molecule has 98 valence electrons. The van der Waals surface area contributed by atoms with Crippen LogP contribution in [0.2, 0.25) is 0 Å². The molecule has 0 heterocycles. The molecule has 0 bridgehead atoms. The summed E-state index contributed by atoms with van der Waals surface area (Å²) in [7, 11) is 0. The molecule has 0 amide bonds. The molecule has 0 aliphatic rings. The van der Waals surface area contributed by atoms with Crippen molar-refractivity contribution >= 4 is 22.1 Å². The van der Waals surface area contributed by atoms with Crippen LogP contribution in [-0.2, 0) is 6.61 Å². The zero-order chi connectivity index (χ0) is 13.7. The Labute approximate surface area is 118 Å². The fourth-order valence-corrected chi connectivity index (χ4v) is 2.03. The third-order valence-electron chi connectivity index (χ3n) is 2.47. The van der Waals surface area contributed by atoms with Crippen LogP contribution in [0.15, 0.2) is 52.1 Å². The largest absolute Gasteiger partial charge is 0.488 e. The van der Waals surface area contributed by atoms with Crippen LogP contribution in [0.5, 0.6) is 5.75 Å². The number of ether oxygens (including phenoxy) is 1. The highest BCUT2D eigenvalue weighted by Gasteiger charge is 2.03. The van der Waals surface area contributed by atoms with E-state index in [1.807, 2.05) is 0 Å². The molecule has 2 aromatic carbocycles. The number of hydrogen-bond acceptors (Lipinski definition) is 3. The molecule has 0 saturated carbocycles. The van der Waals surface area contributed by atoms with E-state index >= 15 is 0 Å². The van der Waals surface area contributed by atoms with Crippen molar-refractivity contribution in [3.63, 3.8) is 0 Å². The second kappa shape index (κ2) is 6.33. The Bertz CT molecular complexity index is 584. The van der Waals surface area contributed by atoms with Gasteiger partial charge in [0, 0.05) is 0 Å². The zero-order valence-corrected chi connectivity index (χ0v) is 11.5. The third kappa shape index (κ3) is 3.79. The minimum Gasteiger partial charge on any atom is -0.488 e. The third-order valence-corrected chi connectivity index (χ3v) is 3.09. The summed E-state index contributed by atoms with van der Waals surface area (Å²) in [4.78, 5) is 0. The first kappa shape index (κ1) is 13.5. The molecule has 0 aliphatic carbocycles. The molecule has 19 heavy (non-hydrogen) atoms. The summed E-state index contributed by atoms with van der Waals surface area (Å²) in [5.41, 5.74) is 1.64. The van der Waals surface area contributed by atoms with Crippen molar-refractivity contribution in [2.24, 2.45) is 5.16 Å². The first-order valence-corrected chi connectivity index (χ1v) is 6.32. The Kier molecular flexibility index (Phi) is 4.52. The van der Waals surface area contributed by atoms with Gasteiger partial charge >= 0.3 is 0 Å². The van der Waals surface area contributed by atoms with Crippen LogP contribution >= 0.6 is 15.9 Å². The van der Waals surface area contributed by atoms with Crippen molar-refractivity contribution in [1.29, 1.82) is 0 Å². The van der Waals surface area contributed by atoms with E-state index in [0.717, 1.165) is 15.6 Å². The molecule has 0 atom stereocenters. The molecule has 0 aliphatic heterocycles. The molecule has 1 N–H and O–H groups in total. The highest BCUT2D eigenvalue weighted by molar-refractivity contribution is 9.10. The van der Waals surface area contributed by atoms with Gasteiger partial charge in [0.1, 0.15) is 18.2 Å². The predicted molar refractivity (Wildman–Crippen MR) is 74.3 cm³/mol. The molecule has 0 fully saturated rings. The van der Waals surface area contributed by atoms with Crippen LogP contribution in [-0.4, -0.2) is 11.4 Å². The topological polar surface area (TPSA) is 41.8 Å². The van der Waals surface area contributed by atoms with E-state index in [9.17, 15) is 4.39 Å². The molecule has 0 unspecified atom stereocenters. The number of oxime groups is 1. The van der Waals surface area contributed by atoms with Crippen molar-refractivity contribution in [3.8, 4) is 5.75 Å². The molecule has 0 saturated heterocycles. The van der Waals surface area contributed by atoms with Crippen LogP contribution in [0.1, 0.15) is 11.1 Å². The molecular weight excluding hydrogens is 313 g/mol. The Morgan fingerprint density at radius 1 is 1.21 bits per heavy atom. The fourth-order valence-electron chi connectivity index (χ4n) is 1.52. The van der Waals surface area contributed by atoms with Gasteiger partial charge in [-0.05, 0) is 57.4 Å². The Hall–Kier alpha value is -1.88. The molecule has 3 nitrogen and oxygen atoms in total. The van der Waals surface area contributed by atoms with Gasteiger partial charge in [-0.1, -0.05) is 17.3 Å². The molecular formula is C14H11BrFNO2. The number of nitrogens with zero attached hydrogens (tertiary/aromatic N) is 1. The zero-order valence-electron chi connectivity index (χ0n) is 9.88. The molecule has 5 heteroatoms. The Morgan fingerprint density at radius 2 is 1.95 bits per heavy atom. The van der Waals surface area contributed by atoms with Crippen molar-refractivity contribution in [2.75, 3.05) is 0 Å². The second-order valence-corrected chi connectivity index (χ2v) is 4.70. The number of benzene rings is 2. The lowest BCUT2D eigenvalue weighted by molar-refractivity contribution is 0.304. The Balaban J connectivity index is 2.05. The Morgan fingerprint density at radius 3 is 2.58 bits per heavy atom. The highest BCUT2D eigenvalue weighted by Crippen LogP contribution is 2.26. The minimum atomic E-state index is -0.266. The summed E-state index contributed by atoms with van der Waals surface area (Å²) < 4.78 is 19.1. The maximum Gasteiger partial charge on any atom is 0.134 e. The number of rotatable bonds is 4. The van der Waals surface area contributed by atoms with Crippen LogP contribution in [0, 0.1) is 5.82 Å². The lowest BCUT2D eigenvalue weighted by Gasteiger charge is -2.08. The minimum absolute atomic E-state index is 0.266. The molecule has 0 radical (unpaired) electrons. The normalized spacial score (nSPS) is 10.8. The summed E-state index contributed by atoms with van der Waals surface area (Å²) in [6, 6.07) is 11.5. The van der Waals surface area contributed by atoms with Crippen molar-refractivity contribution < 1.29 is 14.3 Å². The lowest BCUT2D eigenvalue weighted by Crippen LogP contribution is -1.96. The molecule has 2 aromatic rings. The van der Waals surface area contributed by atoms with Crippen LogP contribution in [0.4, 0.5) is 4.39 Å². The maximum atomic E-state index is 12.7. The monoisotopic (exact) mass is 323 g/mol. The van der Waals surface area contributed by atoms with E-state index in [-0.39, 0.29) is 5.82 Å². The average molecular weight is 324 g/mol. The second-order valence-electron chi connectivity index (χ2n) is 3.85. The van der Waals surface area contributed by atoms with Gasteiger partial charge in [-0.3, -0.25) is 0 Å². The van der Waals surface area contributed by atoms with Gasteiger partial charge in [0.2, 0.25) is 0 Å². The van der Waals surface area contributed by atoms with E-state index in [2.05, 4.69) is 21.1 Å². The van der Waals surface area contributed by atoms with Gasteiger partial charge in [-0.15, -0.1) is 0 Å². The first-order chi connectivity index (χ1) is 9.19. The van der Waals surface area contributed by atoms with Gasteiger partial charge in [-0.2, -0.15) is 0 Å². The number of hydrogen-bond donors (Lipinski definition) is 1. The highest BCUT2D eigenvalue weighted by atomic mass is 79.9. The summed E-state index contributed by atoms with van der Waals surface area (Å²) >= 11 is 3.37. The van der Waals surface area contributed by atoms with Gasteiger partial charge < -0.3 is 9.94 Å². The average Bonchev–Trinajstić information content (AvgIpc) is 2.40. The predicted octanol–water partition coefficient (Wildman–Crippen LogP) is 3.98.